The number of anilines is 3. The lowest BCUT2D eigenvalue weighted by molar-refractivity contribution is 0.475. The molecule has 0 spiro atoms. The zero-order chi connectivity index (χ0) is 21.3. The summed E-state index contributed by atoms with van der Waals surface area (Å²) in [4.78, 5) is 9.16. The largest absolute Gasteiger partial charge is 0.508 e. The number of aromatic nitrogens is 2. The molecule has 4 aromatic rings. The van der Waals surface area contributed by atoms with Crippen molar-refractivity contribution in [3.63, 3.8) is 0 Å². The molecule has 7 nitrogen and oxygen atoms in total. The minimum absolute atomic E-state index is 0.0833. The van der Waals surface area contributed by atoms with E-state index in [9.17, 15) is 13.5 Å². The van der Waals surface area contributed by atoms with Crippen molar-refractivity contribution in [2.24, 2.45) is 0 Å². The summed E-state index contributed by atoms with van der Waals surface area (Å²) in [5.41, 5.74) is 3.70. The Morgan fingerprint density at radius 3 is 2.07 bits per heavy atom. The fourth-order valence-electron chi connectivity index (χ4n) is 2.91. The second-order valence-corrected chi connectivity index (χ2v) is 8.62. The molecule has 3 aromatic carbocycles. The first-order chi connectivity index (χ1) is 14.3. The summed E-state index contributed by atoms with van der Waals surface area (Å²) in [5.74, 6) is 0.465. The van der Waals surface area contributed by atoms with E-state index in [1.165, 1.54) is 12.1 Å². The number of nitrogens with zero attached hydrogens (tertiary/aromatic N) is 2. The highest BCUT2D eigenvalue weighted by Gasteiger charge is 2.19. The number of nitrogens with one attached hydrogen (secondary N) is 2. The molecule has 0 unspecified atom stereocenters. The van der Waals surface area contributed by atoms with Gasteiger partial charge in [0.1, 0.15) is 5.75 Å². The fourth-order valence-corrected chi connectivity index (χ4v) is 4.00. The molecule has 0 aliphatic rings. The molecule has 0 atom stereocenters. The van der Waals surface area contributed by atoms with Crippen LogP contribution in [0.4, 0.5) is 17.3 Å². The third-order valence-corrected chi connectivity index (χ3v) is 6.06. The summed E-state index contributed by atoms with van der Waals surface area (Å²) < 4.78 is 28.6. The van der Waals surface area contributed by atoms with Crippen molar-refractivity contribution < 1.29 is 13.5 Å². The van der Waals surface area contributed by atoms with Gasteiger partial charge in [-0.25, -0.2) is 18.4 Å². The van der Waals surface area contributed by atoms with E-state index in [1.54, 1.807) is 42.5 Å². The third kappa shape index (κ3) is 4.04. The summed E-state index contributed by atoms with van der Waals surface area (Å²) in [5, 5.41) is 12.6. The highest BCUT2D eigenvalue weighted by atomic mass is 32.2. The average Bonchev–Trinajstić information content (AvgIpc) is 2.72. The van der Waals surface area contributed by atoms with Crippen LogP contribution in [0.15, 0.2) is 71.6 Å². The Morgan fingerprint density at radius 1 is 0.800 bits per heavy atom. The summed E-state index contributed by atoms with van der Waals surface area (Å²) in [7, 11) is -3.88. The zero-order valence-electron chi connectivity index (χ0n) is 16.4. The number of para-hydroxylation sites is 2. The number of fused-ring (bicyclic) bond motifs is 1. The molecule has 1 aromatic heterocycles. The Kier molecular flexibility index (Phi) is 5.01. The highest BCUT2D eigenvalue weighted by molar-refractivity contribution is 7.92. The zero-order valence-corrected chi connectivity index (χ0v) is 17.2. The Bertz CT molecular complexity index is 1340. The maximum Gasteiger partial charge on any atom is 0.263 e. The third-order valence-electron chi connectivity index (χ3n) is 4.72. The van der Waals surface area contributed by atoms with E-state index in [2.05, 4.69) is 20.0 Å². The van der Waals surface area contributed by atoms with E-state index in [-0.39, 0.29) is 22.3 Å². The van der Waals surface area contributed by atoms with Crippen LogP contribution in [0.2, 0.25) is 0 Å². The molecule has 4 rings (SSSR count). The molecule has 0 saturated heterocycles. The summed E-state index contributed by atoms with van der Waals surface area (Å²) >= 11 is 0. The first-order valence-corrected chi connectivity index (χ1v) is 10.7. The number of hydrogen-bond donors (Lipinski definition) is 3. The standard InChI is InChI=1S/C22H20N4O3S/c1-14-7-12-18(13-15(14)2)30(28,29)26-22-21(23-16-8-10-17(27)11-9-16)24-19-5-3-4-6-20(19)25-22/h3-13,27H,1-2H3,(H,23,24)(H,25,26). The minimum atomic E-state index is -3.88. The summed E-state index contributed by atoms with van der Waals surface area (Å²) in [6.45, 7) is 3.79. The number of phenols is 1. The van der Waals surface area contributed by atoms with Crippen molar-refractivity contribution in [2.75, 3.05) is 10.0 Å². The van der Waals surface area contributed by atoms with Gasteiger partial charge in [0.15, 0.2) is 11.6 Å². The molecular formula is C22H20N4O3S. The number of hydrogen-bond acceptors (Lipinski definition) is 6. The smallest absolute Gasteiger partial charge is 0.263 e. The van der Waals surface area contributed by atoms with Crippen molar-refractivity contribution in [2.45, 2.75) is 18.7 Å². The maximum absolute atomic E-state index is 13.0. The lowest BCUT2D eigenvalue weighted by Crippen LogP contribution is -2.16. The lowest BCUT2D eigenvalue weighted by Gasteiger charge is -2.14. The van der Waals surface area contributed by atoms with Crippen LogP contribution in [0, 0.1) is 13.8 Å². The summed E-state index contributed by atoms with van der Waals surface area (Å²) in [6.07, 6.45) is 0. The van der Waals surface area contributed by atoms with Gasteiger partial charge in [0.25, 0.3) is 10.0 Å². The molecule has 0 fully saturated rings. The van der Waals surface area contributed by atoms with Crippen LogP contribution in [-0.2, 0) is 10.0 Å². The Morgan fingerprint density at radius 2 is 1.43 bits per heavy atom. The Hall–Kier alpha value is -3.65. The molecule has 0 radical (unpaired) electrons. The van der Waals surface area contributed by atoms with Gasteiger partial charge in [0.2, 0.25) is 0 Å². The van der Waals surface area contributed by atoms with Crippen molar-refractivity contribution in [3.8, 4) is 5.75 Å². The van der Waals surface area contributed by atoms with Gasteiger partial charge in [-0.15, -0.1) is 0 Å². The van der Waals surface area contributed by atoms with Gasteiger partial charge in [0, 0.05) is 5.69 Å². The van der Waals surface area contributed by atoms with Crippen LogP contribution < -0.4 is 10.0 Å². The van der Waals surface area contributed by atoms with E-state index in [1.807, 2.05) is 26.0 Å². The molecule has 8 heteroatoms. The monoisotopic (exact) mass is 420 g/mol. The van der Waals surface area contributed by atoms with Crippen LogP contribution in [0.1, 0.15) is 11.1 Å². The number of rotatable bonds is 5. The molecule has 0 amide bonds. The van der Waals surface area contributed by atoms with Gasteiger partial charge < -0.3 is 10.4 Å². The summed E-state index contributed by atoms with van der Waals surface area (Å²) in [6, 6.07) is 18.5. The molecule has 3 N–H and O–H groups in total. The van der Waals surface area contributed by atoms with Gasteiger partial charge in [-0.1, -0.05) is 18.2 Å². The number of aromatic hydroxyl groups is 1. The van der Waals surface area contributed by atoms with Gasteiger partial charge in [-0.05, 0) is 73.5 Å². The number of phenolic OH excluding ortho intramolecular Hbond substituents is 1. The van der Waals surface area contributed by atoms with Gasteiger partial charge in [0.05, 0.1) is 15.9 Å². The topological polar surface area (TPSA) is 104 Å². The highest BCUT2D eigenvalue weighted by Crippen LogP contribution is 2.28. The molecule has 0 aliphatic heterocycles. The van der Waals surface area contributed by atoms with Gasteiger partial charge in [-0.2, -0.15) is 0 Å². The predicted molar refractivity (Wildman–Crippen MR) is 118 cm³/mol. The van der Waals surface area contributed by atoms with Crippen LogP contribution in [0.25, 0.3) is 11.0 Å². The Labute approximate surface area is 174 Å². The minimum Gasteiger partial charge on any atom is -0.508 e. The SMILES string of the molecule is Cc1ccc(S(=O)(=O)Nc2nc3ccccc3nc2Nc2ccc(O)cc2)cc1C. The number of aryl methyl sites for hydroxylation is 2. The number of sulfonamides is 1. The second kappa shape index (κ2) is 7.64. The average molecular weight is 420 g/mol. The normalized spacial score (nSPS) is 11.4. The van der Waals surface area contributed by atoms with Crippen LogP contribution in [0.3, 0.4) is 0 Å². The first kappa shape index (κ1) is 19.7. The van der Waals surface area contributed by atoms with E-state index < -0.39 is 10.0 Å². The quantitative estimate of drug-likeness (QED) is 0.411. The predicted octanol–water partition coefficient (Wildman–Crippen LogP) is 4.50. The van der Waals surface area contributed by atoms with E-state index in [0.29, 0.717) is 16.7 Å². The molecular weight excluding hydrogens is 400 g/mol. The molecule has 1 heterocycles. The van der Waals surface area contributed by atoms with Crippen LogP contribution in [0.5, 0.6) is 5.75 Å². The van der Waals surface area contributed by atoms with Crippen molar-refractivity contribution in [3.05, 3.63) is 77.9 Å². The molecule has 0 aliphatic carbocycles. The molecule has 30 heavy (non-hydrogen) atoms. The van der Waals surface area contributed by atoms with Crippen molar-refractivity contribution in [1.29, 1.82) is 0 Å². The van der Waals surface area contributed by atoms with Crippen LogP contribution >= 0.6 is 0 Å². The first-order valence-electron chi connectivity index (χ1n) is 9.25. The second-order valence-electron chi connectivity index (χ2n) is 6.93. The van der Waals surface area contributed by atoms with Gasteiger partial charge in [-0.3, -0.25) is 4.72 Å². The molecule has 0 saturated carbocycles. The Balaban J connectivity index is 1.77. The lowest BCUT2D eigenvalue weighted by atomic mass is 10.1. The van der Waals surface area contributed by atoms with Crippen molar-refractivity contribution >= 4 is 38.4 Å². The molecule has 0 bridgehead atoms. The van der Waals surface area contributed by atoms with Gasteiger partial charge >= 0.3 is 0 Å². The molecule has 152 valence electrons. The van der Waals surface area contributed by atoms with Crippen molar-refractivity contribution in [1.82, 2.24) is 9.97 Å². The van der Waals surface area contributed by atoms with E-state index in [4.69, 9.17) is 0 Å². The van der Waals surface area contributed by atoms with E-state index >= 15 is 0 Å². The fraction of sp³-hybridized carbons (Fsp3) is 0.0909. The number of benzene rings is 3. The maximum atomic E-state index is 13.0. The van der Waals surface area contributed by atoms with E-state index in [0.717, 1.165) is 11.1 Å². The van der Waals surface area contributed by atoms with Crippen LogP contribution in [-0.4, -0.2) is 23.5 Å².